The van der Waals surface area contributed by atoms with E-state index in [-0.39, 0.29) is 11.9 Å². The van der Waals surface area contributed by atoms with E-state index in [1.807, 2.05) is 30.3 Å². The van der Waals surface area contributed by atoms with Gasteiger partial charge in [-0.25, -0.2) is 4.79 Å². The SMILES string of the molecule is CC1=C[C@@H](OC(=O)C=Cc2ccccc2)[C@@]2(C)CC[C@H](C(C)C)[C@@]2(O)CC1. The van der Waals surface area contributed by atoms with E-state index in [4.69, 9.17) is 4.74 Å². The summed E-state index contributed by atoms with van der Waals surface area (Å²) < 4.78 is 5.91. The smallest absolute Gasteiger partial charge is 0.331 e. The van der Waals surface area contributed by atoms with Crippen LogP contribution in [-0.4, -0.2) is 22.8 Å². The number of ether oxygens (including phenoxy) is 1. The Morgan fingerprint density at radius 3 is 2.63 bits per heavy atom. The second kappa shape index (κ2) is 7.63. The maximum absolute atomic E-state index is 12.5. The highest BCUT2D eigenvalue weighted by Gasteiger charge is 2.61. The molecule has 2 aliphatic rings. The van der Waals surface area contributed by atoms with Crippen LogP contribution in [-0.2, 0) is 9.53 Å². The van der Waals surface area contributed by atoms with E-state index < -0.39 is 17.1 Å². The molecule has 2 aliphatic carbocycles. The largest absolute Gasteiger partial charge is 0.454 e. The predicted octanol–water partition coefficient (Wildman–Crippen LogP) is 5.16. The molecule has 3 rings (SSSR count). The van der Waals surface area contributed by atoms with Gasteiger partial charge < -0.3 is 9.84 Å². The molecule has 1 N–H and O–H groups in total. The first-order valence-electron chi connectivity index (χ1n) is 10.1. The van der Waals surface area contributed by atoms with Crippen LogP contribution in [0.1, 0.15) is 58.9 Å². The van der Waals surface area contributed by atoms with Crippen LogP contribution in [0.4, 0.5) is 0 Å². The van der Waals surface area contributed by atoms with Gasteiger partial charge in [-0.3, -0.25) is 0 Å². The number of hydrogen-bond donors (Lipinski definition) is 1. The lowest BCUT2D eigenvalue weighted by Gasteiger charge is -2.46. The number of carbonyl (C=O) groups excluding carboxylic acids is 1. The minimum absolute atomic E-state index is 0.239. The van der Waals surface area contributed by atoms with Crippen LogP contribution in [0, 0.1) is 17.3 Å². The summed E-state index contributed by atoms with van der Waals surface area (Å²) in [5, 5.41) is 11.7. The van der Waals surface area contributed by atoms with E-state index in [2.05, 4.69) is 33.8 Å². The van der Waals surface area contributed by atoms with Gasteiger partial charge >= 0.3 is 5.97 Å². The zero-order valence-electron chi connectivity index (χ0n) is 16.9. The molecule has 1 aromatic rings. The van der Waals surface area contributed by atoms with E-state index in [1.54, 1.807) is 6.08 Å². The van der Waals surface area contributed by atoms with E-state index >= 15 is 0 Å². The Labute approximate surface area is 163 Å². The molecule has 0 saturated heterocycles. The molecule has 0 radical (unpaired) electrons. The van der Waals surface area contributed by atoms with E-state index in [0.717, 1.165) is 31.2 Å². The first kappa shape index (κ1) is 19.9. The molecule has 3 nitrogen and oxygen atoms in total. The van der Waals surface area contributed by atoms with Gasteiger partial charge in [-0.15, -0.1) is 0 Å². The van der Waals surface area contributed by atoms with Crippen LogP contribution in [0.25, 0.3) is 6.08 Å². The molecule has 27 heavy (non-hydrogen) atoms. The fraction of sp³-hybridized carbons (Fsp3) is 0.542. The number of fused-ring (bicyclic) bond motifs is 1. The highest BCUT2D eigenvalue weighted by Crippen LogP contribution is 2.58. The lowest BCUT2D eigenvalue weighted by atomic mass is 9.66. The normalized spacial score (nSPS) is 33.6. The summed E-state index contributed by atoms with van der Waals surface area (Å²) in [5.74, 6) is 0.291. The van der Waals surface area contributed by atoms with Crippen LogP contribution in [0.5, 0.6) is 0 Å². The Balaban J connectivity index is 1.83. The Morgan fingerprint density at radius 2 is 1.96 bits per heavy atom. The van der Waals surface area contributed by atoms with Gasteiger partial charge in [0.25, 0.3) is 0 Å². The van der Waals surface area contributed by atoms with Gasteiger partial charge in [0.15, 0.2) is 0 Å². The molecule has 0 heterocycles. The number of carbonyl (C=O) groups is 1. The number of benzene rings is 1. The topological polar surface area (TPSA) is 46.5 Å². The summed E-state index contributed by atoms with van der Waals surface area (Å²) in [7, 11) is 0. The summed E-state index contributed by atoms with van der Waals surface area (Å²) in [5.41, 5.74) is 0.899. The van der Waals surface area contributed by atoms with Crippen molar-refractivity contribution in [1.29, 1.82) is 0 Å². The highest BCUT2D eigenvalue weighted by molar-refractivity contribution is 5.87. The monoisotopic (exact) mass is 368 g/mol. The van der Waals surface area contributed by atoms with Crippen molar-refractivity contribution in [3.63, 3.8) is 0 Å². The molecule has 146 valence electrons. The van der Waals surface area contributed by atoms with Crippen molar-refractivity contribution in [2.75, 3.05) is 0 Å². The van der Waals surface area contributed by atoms with Crippen molar-refractivity contribution in [3.05, 3.63) is 53.6 Å². The zero-order valence-corrected chi connectivity index (χ0v) is 16.9. The molecule has 0 unspecified atom stereocenters. The third kappa shape index (κ3) is 3.75. The second-order valence-corrected chi connectivity index (χ2v) is 8.85. The van der Waals surface area contributed by atoms with Crippen molar-refractivity contribution in [2.24, 2.45) is 17.3 Å². The Kier molecular flexibility index (Phi) is 5.62. The van der Waals surface area contributed by atoms with Crippen molar-refractivity contribution >= 4 is 12.0 Å². The Hall–Kier alpha value is -1.87. The van der Waals surface area contributed by atoms with Crippen LogP contribution < -0.4 is 0 Å². The van der Waals surface area contributed by atoms with Crippen molar-refractivity contribution < 1.29 is 14.6 Å². The summed E-state index contributed by atoms with van der Waals surface area (Å²) >= 11 is 0. The fourth-order valence-electron chi connectivity index (χ4n) is 5.05. The zero-order chi connectivity index (χ0) is 19.7. The fourth-order valence-corrected chi connectivity index (χ4v) is 5.05. The van der Waals surface area contributed by atoms with Crippen LogP contribution >= 0.6 is 0 Å². The summed E-state index contributed by atoms with van der Waals surface area (Å²) in [6.07, 6.45) is 8.36. The van der Waals surface area contributed by atoms with Gasteiger partial charge in [-0.1, -0.05) is 56.7 Å². The molecular formula is C24H32O3. The van der Waals surface area contributed by atoms with E-state index in [9.17, 15) is 9.90 Å². The number of aliphatic hydroxyl groups is 1. The first-order valence-corrected chi connectivity index (χ1v) is 10.1. The average Bonchev–Trinajstić information content (AvgIpc) is 2.86. The molecule has 0 spiro atoms. The van der Waals surface area contributed by atoms with Gasteiger partial charge in [0.05, 0.1) is 5.60 Å². The maximum atomic E-state index is 12.5. The number of hydrogen-bond acceptors (Lipinski definition) is 3. The molecule has 4 atom stereocenters. The van der Waals surface area contributed by atoms with Gasteiger partial charge in [-0.2, -0.15) is 0 Å². The average molecular weight is 369 g/mol. The van der Waals surface area contributed by atoms with Gasteiger partial charge in [0.2, 0.25) is 0 Å². The van der Waals surface area contributed by atoms with Crippen LogP contribution in [0.2, 0.25) is 0 Å². The van der Waals surface area contributed by atoms with Crippen molar-refractivity contribution in [1.82, 2.24) is 0 Å². The summed E-state index contributed by atoms with van der Waals surface area (Å²) in [6.45, 7) is 8.54. The number of esters is 1. The molecular weight excluding hydrogens is 336 g/mol. The number of rotatable bonds is 4. The lowest BCUT2D eigenvalue weighted by Crippen LogP contribution is -2.53. The maximum Gasteiger partial charge on any atom is 0.331 e. The van der Waals surface area contributed by atoms with Crippen LogP contribution in [0.15, 0.2) is 48.1 Å². The molecule has 1 fully saturated rings. The second-order valence-electron chi connectivity index (χ2n) is 8.85. The predicted molar refractivity (Wildman–Crippen MR) is 109 cm³/mol. The van der Waals surface area contributed by atoms with Crippen molar-refractivity contribution in [3.8, 4) is 0 Å². The summed E-state index contributed by atoms with van der Waals surface area (Å²) in [4.78, 5) is 12.5. The Bertz CT molecular complexity index is 733. The van der Waals surface area contributed by atoms with E-state index in [1.165, 1.54) is 11.6 Å². The molecule has 3 heteroatoms. The van der Waals surface area contributed by atoms with Crippen molar-refractivity contribution in [2.45, 2.75) is 65.1 Å². The van der Waals surface area contributed by atoms with Crippen LogP contribution in [0.3, 0.4) is 0 Å². The molecule has 0 amide bonds. The summed E-state index contributed by atoms with van der Waals surface area (Å²) in [6, 6.07) is 9.72. The molecule has 1 aromatic carbocycles. The minimum atomic E-state index is -0.802. The third-order valence-electron chi connectivity index (χ3n) is 6.80. The van der Waals surface area contributed by atoms with Gasteiger partial charge in [0.1, 0.15) is 6.10 Å². The third-order valence-corrected chi connectivity index (χ3v) is 6.80. The standard InChI is InChI=1S/C24H32O3/c1-17(2)20-13-14-23(4)21(16-18(3)12-15-24(20,23)26)27-22(25)11-10-19-8-6-5-7-9-19/h5-11,16-17,20-21,26H,12-15H2,1-4H3/t20-,21-,23-,24+/m1/s1. The highest BCUT2D eigenvalue weighted by atomic mass is 16.5. The molecule has 0 aromatic heterocycles. The quantitative estimate of drug-likeness (QED) is 0.454. The molecule has 0 aliphatic heterocycles. The van der Waals surface area contributed by atoms with Gasteiger partial charge in [-0.05, 0) is 62.2 Å². The van der Waals surface area contributed by atoms with E-state index in [0.29, 0.717) is 5.92 Å². The lowest BCUT2D eigenvalue weighted by molar-refractivity contribution is -0.165. The first-order chi connectivity index (χ1) is 12.8. The minimum Gasteiger partial charge on any atom is -0.454 e. The molecule has 1 saturated carbocycles. The Morgan fingerprint density at radius 1 is 1.26 bits per heavy atom. The number of allylic oxidation sites excluding steroid dienone is 1. The molecule has 0 bridgehead atoms. The van der Waals surface area contributed by atoms with Gasteiger partial charge in [0, 0.05) is 11.5 Å².